The van der Waals surface area contributed by atoms with Gasteiger partial charge in [-0.25, -0.2) is 0 Å². The van der Waals surface area contributed by atoms with Crippen LogP contribution in [-0.2, 0) is 0 Å². The van der Waals surface area contributed by atoms with Crippen molar-refractivity contribution in [1.82, 2.24) is 21.3 Å². The van der Waals surface area contributed by atoms with Crippen molar-refractivity contribution in [3.63, 3.8) is 0 Å². The van der Waals surface area contributed by atoms with Gasteiger partial charge in [0.1, 0.15) is 6.23 Å². The Bertz CT molecular complexity index is 756. The maximum absolute atomic E-state index is 11.1. The predicted octanol–water partition coefficient (Wildman–Crippen LogP) is 4.67. The van der Waals surface area contributed by atoms with E-state index in [1.54, 1.807) is 6.08 Å². The zero-order chi connectivity index (χ0) is 25.2. The van der Waals surface area contributed by atoms with E-state index in [0.717, 1.165) is 42.5 Å². The fraction of sp³-hybridized carbons (Fsp3) is 0.714. The minimum absolute atomic E-state index is 0.0157. The molecule has 5 heteroatoms. The highest BCUT2D eigenvalue weighted by molar-refractivity contribution is 5.37. The fourth-order valence-electron chi connectivity index (χ4n) is 6.24. The second-order valence-electron chi connectivity index (χ2n) is 12.9. The summed E-state index contributed by atoms with van der Waals surface area (Å²) in [4.78, 5) is 0. The summed E-state index contributed by atoms with van der Waals surface area (Å²) < 4.78 is 0. The molecule has 5 nitrogen and oxygen atoms in total. The Morgan fingerprint density at radius 2 is 1.30 bits per heavy atom. The molecule has 0 bridgehead atoms. The van der Waals surface area contributed by atoms with Crippen LogP contribution in [0.25, 0.3) is 0 Å². The van der Waals surface area contributed by atoms with Gasteiger partial charge in [-0.3, -0.25) is 5.32 Å². The minimum atomic E-state index is -0.766. The maximum Gasteiger partial charge on any atom is 0.131 e. The van der Waals surface area contributed by atoms with E-state index in [1.165, 1.54) is 0 Å². The number of aliphatic hydroxyl groups is 1. The van der Waals surface area contributed by atoms with Crippen molar-refractivity contribution in [2.45, 2.75) is 128 Å². The van der Waals surface area contributed by atoms with Crippen molar-refractivity contribution in [1.29, 1.82) is 0 Å². The molecule has 33 heavy (non-hydrogen) atoms. The first-order valence-electron chi connectivity index (χ1n) is 12.4. The van der Waals surface area contributed by atoms with E-state index < -0.39 is 6.23 Å². The van der Waals surface area contributed by atoms with E-state index in [9.17, 15) is 5.11 Å². The van der Waals surface area contributed by atoms with Gasteiger partial charge in [0.05, 0.1) is 0 Å². The molecule has 2 fully saturated rings. The van der Waals surface area contributed by atoms with Gasteiger partial charge in [0.15, 0.2) is 0 Å². The van der Waals surface area contributed by atoms with Crippen LogP contribution in [0.4, 0.5) is 0 Å². The molecule has 2 saturated heterocycles. The molecule has 2 aliphatic heterocycles. The van der Waals surface area contributed by atoms with Crippen molar-refractivity contribution in [3.05, 3.63) is 48.2 Å². The van der Waals surface area contributed by atoms with E-state index in [-0.39, 0.29) is 28.2 Å². The highest BCUT2D eigenvalue weighted by Gasteiger charge is 2.39. The summed E-state index contributed by atoms with van der Waals surface area (Å²) in [5.41, 5.74) is 2.89. The maximum atomic E-state index is 11.1. The van der Waals surface area contributed by atoms with E-state index in [4.69, 9.17) is 0 Å². The highest BCUT2D eigenvalue weighted by atomic mass is 16.3. The minimum Gasteiger partial charge on any atom is -0.382 e. The number of allylic oxidation sites excluding steroid dienone is 3. The second-order valence-corrected chi connectivity index (χ2v) is 12.9. The van der Waals surface area contributed by atoms with Gasteiger partial charge >= 0.3 is 0 Å². The summed E-state index contributed by atoms with van der Waals surface area (Å²) in [5.74, 6) is 0. The number of hydrogen-bond acceptors (Lipinski definition) is 5. The predicted molar refractivity (Wildman–Crippen MR) is 142 cm³/mol. The molecule has 0 aliphatic carbocycles. The SMILES string of the molecule is C=C/C=C(\C=C(/C)C(=C)NC1CC(C)(C)NC(C)(C)C1)C(O)NC1CC(C)(C)NC(C)(C)C1. The zero-order valence-electron chi connectivity index (χ0n) is 22.7. The zero-order valence-corrected chi connectivity index (χ0v) is 22.7. The number of aliphatic hydroxyl groups excluding tert-OH is 1. The van der Waals surface area contributed by atoms with Gasteiger partial charge < -0.3 is 21.1 Å². The standard InChI is InChI=1S/C28H50N4O/c1-12-13-21(24(33)30-23-17-27(8,9)32-28(10,11)18-23)14-19(2)20(3)29-22-15-25(4,5)31-26(6,7)16-22/h12-14,22-24,29-33H,1,3,15-18H2,2,4-11H3/b19-14+,21-13+. The number of nitrogens with one attached hydrogen (secondary N) is 4. The quantitative estimate of drug-likeness (QED) is 0.270. The molecule has 0 saturated carbocycles. The van der Waals surface area contributed by atoms with E-state index in [0.29, 0.717) is 6.04 Å². The average Bonchev–Trinajstić information content (AvgIpc) is 2.55. The molecule has 0 aromatic rings. The van der Waals surface area contributed by atoms with Crippen LogP contribution >= 0.6 is 0 Å². The first kappa shape index (κ1) is 27.8. The van der Waals surface area contributed by atoms with Crippen LogP contribution in [0, 0.1) is 0 Å². The number of rotatable bonds is 8. The molecule has 188 valence electrons. The lowest BCUT2D eigenvalue weighted by Gasteiger charge is -2.47. The third-order valence-corrected chi connectivity index (χ3v) is 6.64. The molecular formula is C28H50N4O. The molecular weight excluding hydrogens is 408 g/mol. The van der Waals surface area contributed by atoms with Crippen molar-refractivity contribution < 1.29 is 5.11 Å². The molecule has 2 rings (SSSR count). The molecule has 0 radical (unpaired) electrons. The van der Waals surface area contributed by atoms with Gasteiger partial charge in [0.2, 0.25) is 0 Å². The number of hydrogen-bond donors (Lipinski definition) is 5. The third kappa shape index (κ3) is 8.71. The molecule has 0 amide bonds. The van der Waals surface area contributed by atoms with Gasteiger partial charge in [-0.05, 0) is 99.1 Å². The fourth-order valence-corrected chi connectivity index (χ4v) is 6.24. The van der Waals surface area contributed by atoms with Crippen molar-refractivity contribution in [2.24, 2.45) is 0 Å². The summed E-state index contributed by atoms with van der Waals surface area (Å²) in [6, 6.07) is 0.565. The van der Waals surface area contributed by atoms with Crippen molar-refractivity contribution >= 4 is 0 Å². The Kier molecular flexibility index (Phi) is 8.50. The Hall–Kier alpha value is -1.40. The van der Waals surface area contributed by atoms with Crippen LogP contribution in [-0.4, -0.2) is 45.6 Å². The first-order valence-corrected chi connectivity index (χ1v) is 12.4. The van der Waals surface area contributed by atoms with Crippen molar-refractivity contribution in [3.8, 4) is 0 Å². The van der Waals surface area contributed by atoms with Crippen LogP contribution in [0.1, 0.15) is 88.0 Å². The topological polar surface area (TPSA) is 68.3 Å². The molecule has 0 spiro atoms. The molecule has 1 unspecified atom stereocenters. The van der Waals surface area contributed by atoms with Crippen LogP contribution in [0.2, 0.25) is 0 Å². The first-order chi connectivity index (χ1) is 14.9. The van der Waals surface area contributed by atoms with Gasteiger partial charge in [0.25, 0.3) is 0 Å². The number of piperidine rings is 2. The van der Waals surface area contributed by atoms with Gasteiger partial charge in [0, 0.05) is 39.9 Å². The summed E-state index contributed by atoms with van der Waals surface area (Å²) >= 11 is 0. The van der Waals surface area contributed by atoms with Crippen LogP contribution in [0.3, 0.4) is 0 Å². The molecule has 1 atom stereocenters. The molecule has 0 aromatic heterocycles. The smallest absolute Gasteiger partial charge is 0.131 e. The Balaban J connectivity index is 2.09. The summed E-state index contributed by atoms with van der Waals surface area (Å²) in [7, 11) is 0. The third-order valence-electron chi connectivity index (χ3n) is 6.64. The largest absolute Gasteiger partial charge is 0.382 e. The Morgan fingerprint density at radius 1 is 0.879 bits per heavy atom. The average molecular weight is 459 g/mol. The summed E-state index contributed by atoms with van der Waals surface area (Å²) in [6.45, 7) is 28.1. The Morgan fingerprint density at radius 3 is 1.73 bits per heavy atom. The van der Waals surface area contributed by atoms with Gasteiger partial charge in [-0.1, -0.05) is 31.4 Å². The highest BCUT2D eigenvalue weighted by Crippen LogP contribution is 2.30. The molecule has 2 aliphatic rings. The van der Waals surface area contributed by atoms with E-state index >= 15 is 0 Å². The molecule has 0 aromatic carbocycles. The van der Waals surface area contributed by atoms with E-state index in [1.807, 2.05) is 19.1 Å². The molecule has 2 heterocycles. The molecule has 5 N–H and O–H groups in total. The second kappa shape index (κ2) is 10.1. The van der Waals surface area contributed by atoms with Crippen LogP contribution < -0.4 is 21.3 Å². The summed E-state index contributed by atoms with van der Waals surface area (Å²) in [6.07, 6.45) is 8.82. The van der Waals surface area contributed by atoms with E-state index in [2.05, 4.69) is 89.8 Å². The van der Waals surface area contributed by atoms with Crippen molar-refractivity contribution in [2.75, 3.05) is 0 Å². The Labute approximate surface area is 203 Å². The van der Waals surface area contributed by atoms with Crippen LogP contribution in [0.5, 0.6) is 0 Å². The lowest BCUT2D eigenvalue weighted by atomic mass is 9.79. The normalized spacial score (nSPS) is 26.5. The summed E-state index contributed by atoms with van der Waals surface area (Å²) in [5, 5.41) is 25.6. The lowest BCUT2D eigenvalue weighted by molar-refractivity contribution is 0.0964. The van der Waals surface area contributed by atoms with Gasteiger partial charge in [-0.15, -0.1) is 0 Å². The van der Waals surface area contributed by atoms with Gasteiger partial charge in [-0.2, -0.15) is 0 Å². The van der Waals surface area contributed by atoms with Crippen LogP contribution in [0.15, 0.2) is 48.2 Å². The lowest BCUT2D eigenvalue weighted by Crippen LogP contribution is -2.62. The monoisotopic (exact) mass is 458 g/mol.